The van der Waals surface area contributed by atoms with Gasteiger partial charge in [0.05, 0.1) is 11.6 Å². The predicted octanol–water partition coefficient (Wildman–Crippen LogP) is 3.64. The van der Waals surface area contributed by atoms with Crippen molar-refractivity contribution in [3.8, 4) is 0 Å². The zero-order valence-corrected chi connectivity index (χ0v) is 18.7. The van der Waals surface area contributed by atoms with Gasteiger partial charge in [0.15, 0.2) is 11.5 Å². The van der Waals surface area contributed by atoms with E-state index in [1.54, 1.807) is 17.0 Å². The van der Waals surface area contributed by atoms with E-state index in [1.165, 1.54) is 0 Å². The quantitative estimate of drug-likeness (QED) is 0.574. The van der Waals surface area contributed by atoms with Crippen molar-refractivity contribution in [3.63, 3.8) is 0 Å². The van der Waals surface area contributed by atoms with Crippen LogP contribution < -0.4 is 4.90 Å². The lowest BCUT2D eigenvalue weighted by molar-refractivity contribution is -0.129. The zero-order valence-electron chi connectivity index (χ0n) is 18.7. The van der Waals surface area contributed by atoms with Crippen molar-refractivity contribution in [3.05, 3.63) is 77.3 Å². The second-order valence-electron chi connectivity index (χ2n) is 8.43. The van der Waals surface area contributed by atoms with E-state index < -0.39 is 23.5 Å². The summed E-state index contributed by atoms with van der Waals surface area (Å²) >= 11 is 0. The third-order valence-corrected chi connectivity index (χ3v) is 5.71. The van der Waals surface area contributed by atoms with Gasteiger partial charge in [-0.25, -0.2) is 0 Å². The number of para-hydroxylation sites is 1. The van der Waals surface area contributed by atoms with Crippen molar-refractivity contribution in [1.29, 1.82) is 0 Å². The Morgan fingerprint density at radius 2 is 1.75 bits per heavy atom. The van der Waals surface area contributed by atoms with Crippen LogP contribution in [0.5, 0.6) is 0 Å². The molecule has 4 rings (SSSR count). The molecular formula is C25H27N3O4. The molecule has 3 aromatic rings. The van der Waals surface area contributed by atoms with Gasteiger partial charge in [0.1, 0.15) is 5.58 Å². The first-order valence-corrected chi connectivity index (χ1v) is 10.5. The number of rotatable bonds is 7. The van der Waals surface area contributed by atoms with Crippen LogP contribution in [0.4, 0.5) is 5.69 Å². The fourth-order valence-corrected chi connectivity index (χ4v) is 3.95. The van der Waals surface area contributed by atoms with Crippen molar-refractivity contribution < 1.29 is 19.1 Å². The number of carbonyl (C=O) groups is 2. The summed E-state index contributed by atoms with van der Waals surface area (Å²) in [5.74, 6) is -1.45. The summed E-state index contributed by atoms with van der Waals surface area (Å²) < 4.78 is 5.75. The van der Waals surface area contributed by atoms with E-state index in [9.17, 15) is 14.7 Å². The van der Waals surface area contributed by atoms with Crippen molar-refractivity contribution in [2.24, 2.45) is 0 Å². The van der Waals surface area contributed by atoms with Crippen molar-refractivity contribution in [2.45, 2.75) is 6.04 Å². The van der Waals surface area contributed by atoms with E-state index in [2.05, 4.69) is 0 Å². The van der Waals surface area contributed by atoms with Gasteiger partial charge in [-0.05, 0) is 43.9 Å². The molecular weight excluding hydrogens is 406 g/mol. The molecule has 0 aliphatic carbocycles. The Morgan fingerprint density at radius 3 is 2.38 bits per heavy atom. The van der Waals surface area contributed by atoms with Gasteiger partial charge in [0.25, 0.3) is 5.91 Å². The van der Waals surface area contributed by atoms with Crippen LogP contribution in [0.2, 0.25) is 0 Å². The number of nitrogens with zero attached hydrogens (tertiary/aromatic N) is 3. The van der Waals surface area contributed by atoms with Crippen molar-refractivity contribution >= 4 is 28.3 Å². The largest absolute Gasteiger partial charge is 0.503 e. The van der Waals surface area contributed by atoms with Crippen molar-refractivity contribution in [2.75, 3.05) is 46.2 Å². The monoisotopic (exact) mass is 433 g/mol. The lowest BCUT2D eigenvalue weighted by Gasteiger charge is -2.28. The molecule has 0 radical (unpaired) electrons. The summed E-state index contributed by atoms with van der Waals surface area (Å²) in [6.07, 6.45) is 0. The van der Waals surface area contributed by atoms with Gasteiger partial charge in [-0.15, -0.1) is 0 Å². The van der Waals surface area contributed by atoms with Gasteiger partial charge in [-0.3, -0.25) is 9.59 Å². The van der Waals surface area contributed by atoms with E-state index in [4.69, 9.17) is 4.42 Å². The maximum Gasteiger partial charge on any atom is 0.290 e. The number of benzene rings is 2. The lowest BCUT2D eigenvalue weighted by atomic mass is 9.94. The third-order valence-electron chi connectivity index (χ3n) is 5.71. The number of anilines is 1. The molecule has 0 fully saturated rings. The highest BCUT2D eigenvalue weighted by Gasteiger charge is 2.44. The van der Waals surface area contributed by atoms with E-state index in [0.29, 0.717) is 18.7 Å². The third kappa shape index (κ3) is 3.87. The van der Waals surface area contributed by atoms with Crippen LogP contribution >= 0.6 is 0 Å². The predicted molar refractivity (Wildman–Crippen MR) is 124 cm³/mol. The molecule has 166 valence electrons. The van der Waals surface area contributed by atoms with E-state index in [1.807, 2.05) is 80.5 Å². The molecule has 0 unspecified atom stereocenters. The summed E-state index contributed by atoms with van der Waals surface area (Å²) in [5.41, 5.74) is 2.38. The van der Waals surface area contributed by atoms with Gasteiger partial charge in [0.2, 0.25) is 5.78 Å². The number of hydrogen-bond acceptors (Lipinski definition) is 6. The first-order valence-electron chi connectivity index (χ1n) is 10.5. The Kier molecular flexibility index (Phi) is 5.76. The number of carbonyl (C=O) groups excluding carboxylic acids is 2. The van der Waals surface area contributed by atoms with Crippen LogP contribution in [0.15, 0.2) is 70.3 Å². The molecule has 7 heteroatoms. The molecule has 1 N–H and O–H groups in total. The molecule has 0 bridgehead atoms. The van der Waals surface area contributed by atoms with E-state index in [-0.39, 0.29) is 11.3 Å². The van der Waals surface area contributed by atoms with Gasteiger partial charge in [0, 0.05) is 38.3 Å². The topological polar surface area (TPSA) is 77.2 Å². The molecule has 2 aromatic carbocycles. The standard InChI is InChI=1S/C25H27N3O4/c1-26(2)13-14-28-22(16-9-11-18(12-10-16)27(3)4)21(24(30)25(28)31)23(29)20-15-17-7-5-6-8-19(17)32-20/h5-12,15,22,30H,13-14H2,1-4H3/t22-/m0/s1. The molecule has 32 heavy (non-hydrogen) atoms. The van der Waals surface area contributed by atoms with E-state index >= 15 is 0 Å². The lowest BCUT2D eigenvalue weighted by Crippen LogP contribution is -2.36. The summed E-state index contributed by atoms with van der Waals surface area (Å²) in [4.78, 5) is 32.0. The Hall–Kier alpha value is -3.58. The van der Waals surface area contributed by atoms with Gasteiger partial charge in [-0.2, -0.15) is 0 Å². The van der Waals surface area contributed by atoms with Gasteiger partial charge < -0.3 is 24.2 Å². The first-order chi connectivity index (χ1) is 15.3. The SMILES string of the molecule is CN(C)CCN1C(=O)C(O)=C(C(=O)c2cc3ccccc3o2)[C@@H]1c1ccc(N(C)C)cc1. The number of hydrogen-bond donors (Lipinski definition) is 1. The number of aliphatic hydroxyl groups is 1. The number of furan rings is 1. The molecule has 1 atom stereocenters. The normalized spacial score (nSPS) is 16.5. The number of ketones is 1. The Labute approximate surface area is 187 Å². The Bertz CT molecular complexity index is 1160. The number of fused-ring (bicyclic) bond motifs is 1. The molecule has 1 aromatic heterocycles. The number of Topliss-reactive ketones (excluding diaryl/α,β-unsaturated/α-hetero) is 1. The van der Waals surface area contributed by atoms with Gasteiger partial charge in [-0.1, -0.05) is 30.3 Å². The van der Waals surface area contributed by atoms with Crippen molar-refractivity contribution in [1.82, 2.24) is 9.80 Å². The fraction of sp³-hybridized carbons (Fsp3) is 0.280. The molecule has 1 aliphatic heterocycles. The summed E-state index contributed by atoms with van der Waals surface area (Å²) in [6.45, 7) is 0.963. The van der Waals surface area contributed by atoms with Crippen LogP contribution in [0.3, 0.4) is 0 Å². The first kappa shape index (κ1) is 21.6. The summed E-state index contributed by atoms with van der Waals surface area (Å²) in [6, 6.07) is 15.9. The van der Waals surface area contributed by atoms with E-state index in [0.717, 1.165) is 16.6 Å². The molecule has 1 aliphatic rings. The second-order valence-corrected chi connectivity index (χ2v) is 8.43. The molecule has 0 spiro atoms. The average molecular weight is 434 g/mol. The molecule has 1 amide bonds. The maximum absolute atomic E-state index is 13.5. The second kappa shape index (κ2) is 8.51. The summed E-state index contributed by atoms with van der Waals surface area (Å²) in [5, 5.41) is 11.6. The highest BCUT2D eigenvalue weighted by Crippen LogP contribution is 2.39. The maximum atomic E-state index is 13.5. The highest BCUT2D eigenvalue weighted by molar-refractivity contribution is 6.16. The molecule has 0 saturated heterocycles. The summed E-state index contributed by atoms with van der Waals surface area (Å²) in [7, 11) is 7.71. The number of likely N-dealkylation sites (N-methyl/N-ethyl adjacent to an activating group) is 1. The minimum Gasteiger partial charge on any atom is -0.503 e. The Morgan fingerprint density at radius 1 is 1.06 bits per heavy atom. The molecule has 7 nitrogen and oxygen atoms in total. The van der Waals surface area contributed by atoms with Gasteiger partial charge >= 0.3 is 0 Å². The van der Waals surface area contributed by atoms with Crippen LogP contribution in [0.25, 0.3) is 11.0 Å². The minimum atomic E-state index is -0.695. The number of aliphatic hydroxyl groups excluding tert-OH is 1. The number of amides is 1. The Balaban J connectivity index is 1.77. The molecule has 0 saturated carbocycles. The van der Waals surface area contributed by atoms with Crippen LogP contribution in [0.1, 0.15) is 22.2 Å². The average Bonchev–Trinajstić information content (AvgIpc) is 3.31. The zero-order chi connectivity index (χ0) is 23.0. The fourth-order valence-electron chi connectivity index (χ4n) is 3.95. The highest BCUT2D eigenvalue weighted by atomic mass is 16.3. The van der Waals surface area contributed by atoms with Crippen LogP contribution in [0, 0.1) is 0 Å². The smallest absolute Gasteiger partial charge is 0.290 e. The minimum absolute atomic E-state index is 0.0467. The van der Waals surface area contributed by atoms with Crippen LogP contribution in [-0.4, -0.2) is 67.9 Å². The molecule has 2 heterocycles. The van der Waals surface area contributed by atoms with Crippen LogP contribution in [-0.2, 0) is 4.79 Å².